The zero-order valence-electron chi connectivity index (χ0n) is 16.5. The van der Waals surface area contributed by atoms with Crippen LogP contribution in [-0.4, -0.2) is 62.8 Å². The first-order valence-corrected chi connectivity index (χ1v) is 9.80. The molecule has 0 aromatic heterocycles. The van der Waals surface area contributed by atoms with E-state index in [-0.39, 0.29) is 0 Å². The van der Waals surface area contributed by atoms with E-state index in [9.17, 15) is 0 Å². The van der Waals surface area contributed by atoms with E-state index in [2.05, 4.69) is 16.7 Å². The van der Waals surface area contributed by atoms with Crippen LogP contribution >= 0.6 is 0 Å². The van der Waals surface area contributed by atoms with Crippen molar-refractivity contribution in [1.29, 1.82) is 0 Å². The van der Waals surface area contributed by atoms with Crippen LogP contribution in [0.1, 0.15) is 73.1 Å². The molecule has 0 amide bonds. The van der Waals surface area contributed by atoms with Crippen molar-refractivity contribution in [3.05, 3.63) is 0 Å². The fraction of sp³-hybridized carbons (Fsp3) is 1.00. The Morgan fingerprint density at radius 3 is 1.59 bits per heavy atom. The van der Waals surface area contributed by atoms with Gasteiger partial charge in [0, 0.05) is 39.9 Å². The molecule has 0 saturated carbocycles. The molecule has 1 fully saturated rings. The summed E-state index contributed by atoms with van der Waals surface area (Å²) in [6.45, 7) is 18.9. The second-order valence-corrected chi connectivity index (χ2v) is 5.44. The second-order valence-electron chi connectivity index (χ2n) is 5.44. The van der Waals surface area contributed by atoms with Crippen LogP contribution in [0.3, 0.4) is 0 Å². The molecular weight excluding hydrogens is 272 g/mol. The van der Waals surface area contributed by atoms with Crippen molar-refractivity contribution in [3.63, 3.8) is 0 Å². The molecule has 3 heteroatoms. The van der Waals surface area contributed by atoms with Crippen molar-refractivity contribution in [2.45, 2.75) is 73.1 Å². The quantitative estimate of drug-likeness (QED) is 0.545. The number of hydrogen-bond donors (Lipinski definition) is 0. The molecule has 0 N–H and O–H groups in total. The zero-order chi connectivity index (χ0) is 17.1. The van der Waals surface area contributed by atoms with Crippen LogP contribution < -0.4 is 0 Å². The Balaban J connectivity index is 0. The predicted octanol–water partition coefficient (Wildman–Crippen LogP) is 4.66. The van der Waals surface area contributed by atoms with Gasteiger partial charge in [-0.2, -0.15) is 0 Å². The minimum Gasteiger partial charge on any atom is -0.385 e. The highest BCUT2D eigenvalue weighted by Crippen LogP contribution is 2.06. The van der Waals surface area contributed by atoms with Crippen molar-refractivity contribution >= 4 is 0 Å². The minimum absolute atomic E-state index is 0.927. The Morgan fingerprint density at radius 1 is 0.682 bits per heavy atom. The monoisotopic (exact) mass is 316 g/mol. The molecule has 1 heterocycles. The predicted molar refractivity (Wildman–Crippen MR) is 101 cm³/mol. The lowest BCUT2D eigenvalue weighted by atomic mass is 10.2. The molecule has 136 valence electrons. The maximum atomic E-state index is 5.07. The largest absolute Gasteiger partial charge is 0.385 e. The summed E-state index contributed by atoms with van der Waals surface area (Å²) in [6, 6.07) is 0. The summed E-state index contributed by atoms with van der Waals surface area (Å²) >= 11 is 0. The summed E-state index contributed by atoms with van der Waals surface area (Å²) in [6.07, 6.45) is 7.95. The molecule has 0 aromatic rings. The zero-order valence-corrected chi connectivity index (χ0v) is 16.5. The highest BCUT2D eigenvalue weighted by Gasteiger charge is 2.15. The molecule has 1 saturated heterocycles. The first-order valence-electron chi connectivity index (χ1n) is 9.80. The van der Waals surface area contributed by atoms with Gasteiger partial charge in [-0.05, 0) is 32.4 Å². The molecule has 0 spiro atoms. The Kier molecular flexibility index (Phi) is 22.9. The van der Waals surface area contributed by atoms with Crippen LogP contribution in [0.2, 0.25) is 0 Å². The first-order chi connectivity index (χ1) is 10.9. The third kappa shape index (κ3) is 14.8. The summed E-state index contributed by atoms with van der Waals surface area (Å²) in [7, 11) is 1.79. The first kappa shape index (κ1) is 24.1. The van der Waals surface area contributed by atoms with Crippen LogP contribution in [0.5, 0.6) is 0 Å². The fourth-order valence-corrected chi connectivity index (χ4v) is 2.55. The van der Waals surface area contributed by atoms with Crippen LogP contribution in [0.15, 0.2) is 0 Å². The molecule has 0 atom stereocenters. The average Bonchev–Trinajstić information content (AvgIpc) is 2.61. The van der Waals surface area contributed by atoms with Crippen LogP contribution in [0.25, 0.3) is 0 Å². The van der Waals surface area contributed by atoms with E-state index in [4.69, 9.17) is 4.74 Å². The molecule has 0 unspecified atom stereocenters. The molecule has 1 rings (SSSR count). The second kappa shape index (κ2) is 20.9. The van der Waals surface area contributed by atoms with Gasteiger partial charge in [0.1, 0.15) is 0 Å². The Hall–Kier alpha value is -0.120. The lowest BCUT2D eigenvalue weighted by Gasteiger charge is -2.34. The maximum Gasteiger partial charge on any atom is 0.0462 e. The molecule has 1 aliphatic rings. The lowest BCUT2D eigenvalue weighted by Crippen LogP contribution is -2.46. The van der Waals surface area contributed by atoms with Gasteiger partial charge in [0.2, 0.25) is 0 Å². The summed E-state index contributed by atoms with van der Waals surface area (Å²) in [4.78, 5) is 5.26. The number of unbranched alkanes of at least 4 members (excludes halogenated alkanes) is 4. The van der Waals surface area contributed by atoms with E-state index < -0.39 is 0 Å². The minimum atomic E-state index is 0.927. The smallest absolute Gasteiger partial charge is 0.0462 e. The van der Waals surface area contributed by atoms with E-state index in [1.807, 2.05) is 27.7 Å². The van der Waals surface area contributed by atoms with Crippen molar-refractivity contribution in [2.75, 3.05) is 53.0 Å². The molecule has 1 aliphatic heterocycles. The number of nitrogens with zero attached hydrogens (tertiary/aromatic N) is 2. The highest BCUT2D eigenvalue weighted by atomic mass is 16.5. The molecule has 0 bridgehead atoms. The molecule has 0 aliphatic carbocycles. The Bertz CT molecular complexity index is 180. The molecule has 0 radical (unpaired) electrons. The summed E-state index contributed by atoms with van der Waals surface area (Å²) < 4.78 is 5.07. The van der Waals surface area contributed by atoms with Gasteiger partial charge in [-0.3, -0.25) is 0 Å². The normalized spacial score (nSPS) is 15.5. The van der Waals surface area contributed by atoms with Gasteiger partial charge in [-0.15, -0.1) is 0 Å². The highest BCUT2D eigenvalue weighted by molar-refractivity contribution is 4.71. The van der Waals surface area contributed by atoms with Gasteiger partial charge < -0.3 is 14.5 Å². The van der Waals surface area contributed by atoms with Crippen LogP contribution in [0.4, 0.5) is 0 Å². The van der Waals surface area contributed by atoms with Crippen molar-refractivity contribution in [2.24, 2.45) is 0 Å². The van der Waals surface area contributed by atoms with Gasteiger partial charge in [-0.25, -0.2) is 0 Å². The lowest BCUT2D eigenvalue weighted by molar-refractivity contribution is 0.129. The standard InChI is InChI=1S/C15H32N2O.2C2H6/c1-3-4-9-16-11-13-17(14-12-16)10-7-5-6-8-15-18-2;2*1-2/h3-15H2,1-2H3;2*1-2H3. The fourth-order valence-electron chi connectivity index (χ4n) is 2.55. The van der Waals surface area contributed by atoms with E-state index >= 15 is 0 Å². The third-order valence-corrected chi connectivity index (χ3v) is 3.87. The number of piperazine rings is 1. The number of hydrogen-bond acceptors (Lipinski definition) is 3. The number of ether oxygens (including phenoxy) is 1. The summed E-state index contributed by atoms with van der Waals surface area (Å²) in [5.74, 6) is 0. The van der Waals surface area contributed by atoms with Gasteiger partial charge in [0.05, 0.1) is 0 Å². The van der Waals surface area contributed by atoms with E-state index in [0.717, 1.165) is 6.61 Å². The maximum absolute atomic E-state index is 5.07. The molecular formula is C19H44N2O. The van der Waals surface area contributed by atoms with E-state index in [0.29, 0.717) is 0 Å². The van der Waals surface area contributed by atoms with Crippen molar-refractivity contribution in [1.82, 2.24) is 9.80 Å². The number of rotatable bonds is 10. The Morgan fingerprint density at radius 2 is 1.14 bits per heavy atom. The summed E-state index contributed by atoms with van der Waals surface area (Å²) in [5, 5.41) is 0. The third-order valence-electron chi connectivity index (χ3n) is 3.87. The average molecular weight is 317 g/mol. The van der Waals surface area contributed by atoms with Gasteiger partial charge in [0.15, 0.2) is 0 Å². The van der Waals surface area contributed by atoms with Crippen LogP contribution in [0, 0.1) is 0 Å². The van der Waals surface area contributed by atoms with Crippen LogP contribution in [-0.2, 0) is 4.74 Å². The topological polar surface area (TPSA) is 15.7 Å². The van der Waals surface area contributed by atoms with Gasteiger partial charge in [0.25, 0.3) is 0 Å². The number of methoxy groups -OCH3 is 1. The van der Waals surface area contributed by atoms with Gasteiger partial charge >= 0.3 is 0 Å². The molecule has 0 aromatic carbocycles. The molecule has 3 nitrogen and oxygen atoms in total. The SMILES string of the molecule is CC.CC.CCCCN1CCN(CCCCCCOC)CC1. The van der Waals surface area contributed by atoms with E-state index in [1.165, 1.54) is 77.8 Å². The van der Waals surface area contributed by atoms with E-state index in [1.54, 1.807) is 7.11 Å². The van der Waals surface area contributed by atoms with Gasteiger partial charge in [-0.1, -0.05) is 53.9 Å². The Labute approximate surface area is 141 Å². The van der Waals surface area contributed by atoms with Crippen molar-refractivity contribution < 1.29 is 4.74 Å². The van der Waals surface area contributed by atoms with Crippen molar-refractivity contribution in [3.8, 4) is 0 Å². The molecule has 22 heavy (non-hydrogen) atoms. The summed E-state index contributed by atoms with van der Waals surface area (Å²) in [5.41, 5.74) is 0.